The van der Waals surface area contributed by atoms with Crippen molar-refractivity contribution in [3.63, 3.8) is 0 Å². The molecule has 0 saturated carbocycles. The lowest BCUT2D eigenvalue weighted by Gasteiger charge is -2.12. The minimum atomic E-state index is -0.224. The number of hydrogen-bond acceptors (Lipinski definition) is 2. The van der Waals surface area contributed by atoms with Gasteiger partial charge >= 0.3 is 0 Å². The highest BCUT2D eigenvalue weighted by Crippen LogP contribution is 2.30. The van der Waals surface area contributed by atoms with Gasteiger partial charge in [-0.3, -0.25) is 4.79 Å². The Kier molecular flexibility index (Phi) is 5.48. The molecular formula is C16H16Cl2N2O. The lowest BCUT2D eigenvalue weighted by molar-refractivity contribution is 0.102. The molecule has 0 saturated heterocycles. The molecule has 0 heterocycles. The molecular weight excluding hydrogens is 307 g/mol. The Hall–Kier alpha value is -1.71. The summed E-state index contributed by atoms with van der Waals surface area (Å²) in [7, 11) is 0. The number of benzene rings is 2. The summed E-state index contributed by atoms with van der Waals surface area (Å²) in [6, 6.07) is 12.5. The van der Waals surface area contributed by atoms with Crippen molar-refractivity contribution in [3.8, 4) is 0 Å². The molecule has 0 fully saturated rings. The van der Waals surface area contributed by atoms with Crippen LogP contribution in [-0.2, 0) is 0 Å². The van der Waals surface area contributed by atoms with Crippen LogP contribution >= 0.6 is 23.2 Å². The summed E-state index contributed by atoms with van der Waals surface area (Å²) in [6.45, 7) is 2.88. The minimum absolute atomic E-state index is 0.224. The maximum atomic E-state index is 12.4. The van der Waals surface area contributed by atoms with Gasteiger partial charge in [-0.2, -0.15) is 0 Å². The monoisotopic (exact) mass is 322 g/mol. The number of nitrogens with one attached hydrogen (secondary N) is 2. The summed E-state index contributed by atoms with van der Waals surface area (Å²) in [6.07, 6.45) is 0.982. The number of para-hydroxylation sites is 1. The number of amides is 1. The van der Waals surface area contributed by atoms with Gasteiger partial charge in [-0.1, -0.05) is 48.3 Å². The van der Waals surface area contributed by atoms with E-state index in [2.05, 4.69) is 17.6 Å². The molecule has 2 aromatic carbocycles. The van der Waals surface area contributed by atoms with Crippen molar-refractivity contribution in [1.82, 2.24) is 0 Å². The van der Waals surface area contributed by atoms with Gasteiger partial charge in [-0.25, -0.2) is 0 Å². The molecule has 0 spiro atoms. The predicted octanol–water partition coefficient (Wildman–Crippen LogP) is 5.07. The van der Waals surface area contributed by atoms with E-state index in [4.69, 9.17) is 23.2 Å². The summed E-state index contributed by atoms with van der Waals surface area (Å²) in [5.74, 6) is -0.224. The van der Waals surface area contributed by atoms with Crippen LogP contribution in [-0.4, -0.2) is 12.5 Å². The molecule has 110 valence electrons. The molecule has 1 amide bonds. The van der Waals surface area contributed by atoms with Crippen LogP contribution in [0, 0.1) is 0 Å². The van der Waals surface area contributed by atoms with Crippen LogP contribution in [0.4, 0.5) is 11.4 Å². The second-order valence-corrected chi connectivity index (χ2v) is 5.31. The molecule has 2 aromatic rings. The summed E-state index contributed by atoms with van der Waals surface area (Å²) in [5, 5.41) is 6.77. The van der Waals surface area contributed by atoms with E-state index in [1.807, 2.05) is 18.2 Å². The number of rotatable bonds is 5. The zero-order valence-corrected chi connectivity index (χ0v) is 13.1. The standard InChI is InChI=1S/C16H16Cl2N2O/c1-2-10-19-13-8-4-3-6-11(13)16(21)20-14-9-5-7-12(17)15(14)18/h3-9,19H,2,10H2,1H3,(H,20,21). The van der Waals surface area contributed by atoms with Gasteiger partial charge in [-0.15, -0.1) is 0 Å². The summed E-state index contributed by atoms with van der Waals surface area (Å²) < 4.78 is 0. The van der Waals surface area contributed by atoms with Gasteiger partial charge in [-0.05, 0) is 30.7 Å². The molecule has 5 heteroatoms. The topological polar surface area (TPSA) is 41.1 Å². The van der Waals surface area contributed by atoms with Crippen LogP contribution < -0.4 is 10.6 Å². The second kappa shape index (κ2) is 7.34. The van der Waals surface area contributed by atoms with Crippen molar-refractivity contribution in [2.24, 2.45) is 0 Å². The fourth-order valence-corrected chi connectivity index (χ4v) is 2.23. The van der Waals surface area contributed by atoms with Crippen molar-refractivity contribution in [2.75, 3.05) is 17.2 Å². The highest BCUT2D eigenvalue weighted by atomic mass is 35.5. The quantitative estimate of drug-likeness (QED) is 0.807. The van der Waals surface area contributed by atoms with E-state index in [0.717, 1.165) is 18.7 Å². The van der Waals surface area contributed by atoms with E-state index in [1.54, 1.807) is 24.3 Å². The Morgan fingerprint density at radius 1 is 1.05 bits per heavy atom. The average Bonchev–Trinajstić information content (AvgIpc) is 2.50. The lowest BCUT2D eigenvalue weighted by atomic mass is 10.1. The van der Waals surface area contributed by atoms with Gasteiger partial charge in [0.05, 0.1) is 21.3 Å². The van der Waals surface area contributed by atoms with Gasteiger partial charge in [0.25, 0.3) is 5.91 Å². The van der Waals surface area contributed by atoms with Crippen molar-refractivity contribution in [1.29, 1.82) is 0 Å². The van der Waals surface area contributed by atoms with Gasteiger partial charge in [0.15, 0.2) is 0 Å². The molecule has 0 aliphatic heterocycles. The Morgan fingerprint density at radius 2 is 1.76 bits per heavy atom. The van der Waals surface area contributed by atoms with Crippen LogP contribution in [0.5, 0.6) is 0 Å². The van der Waals surface area contributed by atoms with Crippen LogP contribution in [0.15, 0.2) is 42.5 Å². The first-order valence-electron chi connectivity index (χ1n) is 6.71. The van der Waals surface area contributed by atoms with Gasteiger partial charge in [0, 0.05) is 12.2 Å². The van der Waals surface area contributed by atoms with E-state index in [-0.39, 0.29) is 5.91 Å². The SMILES string of the molecule is CCCNc1ccccc1C(=O)Nc1cccc(Cl)c1Cl. The maximum Gasteiger partial charge on any atom is 0.257 e. The molecule has 0 atom stereocenters. The zero-order chi connectivity index (χ0) is 15.2. The Labute approximate surface area is 134 Å². The molecule has 0 aliphatic rings. The van der Waals surface area contributed by atoms with Crippen molar-refractivity contribution < 1.29 is 4.79 Å². The molecule has 0 aromatic heterocycles. The van der Waals surface area contributed by atoms with E-state index < -0.39 is 0 Å². The molecule has 2 rings (SSSR count). The van der Waals surface area contributed by atoms with Crippen molar-refractivity contribution >= 4 is 40.5 Å². The summed E-state index contributed by atoms with van der Waals surface area (Å²) >= 11 is 12.0. The largest absolute Gasteiger partial charge is 0.384 e. The van der Waals surface area contributed by atoms with E-state index in [1.165, 1.54) is 0 Å². The number of halogens is 2. The fraction of sp³-hybridized carbons (Fsp3) is 0.188. The molecule has 0 bridgehead atoms. The van der Waals surface area contributed by atoms with E-state index >= 15 is 0 Å². The van der Waals surface area contributed by atoms with Crippen LogP contribution in [0.2, 0.25) is 10.0 Å². The minimum Gasteiger partial charge on any atom is -0.384 e. The zero-order valence-electron chi connectivity index (χ0n) is 11.6. The van der Waals surface area contributed by atoms with Crippen LogP contribution in [0.1, 0.15) is 23.7 Å². The third-order valence-corrected chi connectivity index (χ3v) is 3.76. The molecule has 0 unspecified atom stereocenters. The molecule has 3 nitrogen and oxygen atoms in total. The highest BCUT2D eigenvalue weighted by molar-refractivity contribution is 6.44. The van der Waals surface area contributed by atoms with Crippen molar-refractivity contribution in [3.05, 3.63) is 58.1 Å². The van der Waals surface area contributed by atoms with Crippen LogP contribution in [0.3, 0.4) is 0 Å². The normalized spacial score (nSPS) is 10.2. The van der Waals surface area contributed by atoms with E-state index in [9.17, 15) is 4.79 Å². The third-order valence-electron chi connectivity index (χ3n) is 2.94. The summed E-state index contributed by atoms with van der Waals surface area (Å²) in [4.78, 5) is 12.4. The number of carbonyl (C=O) groups is 1. The first-order valence-corrected chi connectivity index (χ1v) is 7.47. The van der Waals surface area contributed by atoms with Gasteiger partial charge < -0.3 is 10.6 Å². The smallest absolute Gasteiger partial charge is 0.257 e. The van der Waals surface area contributed by atoms with Crippen molar-refractivity contribution in [2.45, 2.75) is 13.3 Å². The van der Waals surface area contributed by atoms with Crippen LogP contribution in [0.25, 0.3) is 0 Å². The fourth-order valence-electron chi connectivity index (χ4n) is 1.88. The molecule has 0 aliphatic carbocycles. The Morgan fingerprint density at radius 3 is 2.52 bits per heavy atom. The molecule has 0 radical (unpaired) electrons. The summed E-state index contributed by atoms with van der Waals surface area (Å²) in [5.41, 5.74) is 1.87. The second-order valence-electron chi connectivity index (χ2n) is 4.53. The first-order chi connectivity index (χ1) is 10.1. The Balaban J connectivity index is 2.22. The van der Waals surface area contributed by atoms with Gasteiger partial charge in [0.1, 0.15) is 0 Å². The number of hydrogen-bond donors (Lipinski definition) is 2. The molecule has 2 N–H and O–H groups in total. The number of carbonyl (C=O) groups excluding carboxylic acids is 1. The van der Waals surface area contributed by atoms with Gasteiger partial charge in [0.2, 0.25) is 0 Å². The average molecular weight is 323 g/mol. The first kappa shape index (κ1) is 15.7. The number of anilines is 2. The maximum absolute atomic E-state index is 12.4. The lowest BCUT2D eigenvalue weighted by Crippen LogP contribution is -2.15. The third kappa shape index (κ3) is 3.90. The molecule has 21 heavy (non-hydrogen) atoms. The predicted molar refractivity (Wildman–Crippen MR) is 89.6 cm³/mol. The highest BCUT2D eigenvalue weighted by Gasteiger charge is 2.13. The Bertz CT molecular complexity index is 644. The van der Waals surface area contributed by atoms with E-state index in [0.29, 0.717) is 21.3 Å².